The first-order valence-corrected chi connectivity index (χ1v) is 7.86. The van der Waals surface area contributed by atoms with Gasteiger partial charge in [-0.3, -0.25) is 0 Å². The van der Waals surface area contributed by atoms with Crippen molar-refractivity contribution >= 4 is 9.84 Å². The fourth-order valence-corrected chi connectivity index (χ4v) is 2.33. The van der Waals surface area contributed by atoms with Crippen LogP contribution in [0.2, 0.25) is 0 Å². The lowest BCUT2D eigenvalue weighted by Crippen LogP contribution is -1.98. The summed E-state index contributed by atoms with van der Waals surface area (Å²) in [4.78, 5) is 0.277. The van der Waals surface area contributed by atoms with Gasteiger partial charge in [0.1, 0.15) is 12.4 Å². The summed E-state index contributed by atoms with van der Waals surface area (Å²) in [6, 6.07) is 13.9. The maximum absolute atomic E-state index is 11.3. The molecular weight excluding hydrogens is 272 g/mol. The third-order valence-corrected chi connectivity index (χ3v) is 3.88. The quantitative estimate of drug-likeness (QED) is 0.812. The van der Waals surface area contributed by atoms with Gasteiger partial charge in [0.15, 0.2) is 9.84 Å². The van der Waals surface area contributed by atoms with Crippen molar-refractivity contribution in [3.05, 3.63) is 59.7 Å². The van der Waals surface area contributed by atoms with E-state index < -0.39 is 9.84 Å². The third-order valence-electron chi connectivity index (χ3n) is 2.75. The zero-order chi connectivity index (χ0) is 14.6. The first kappa shape index (κ1) is 14.2. The lowest BCUT2D eigenvalue weighted by molar-refractivity contribution is 0.306. The van der Waals surface area contributed by atoms with Gasteiger partial charge in [-0.25, -0.2) is 8.42 Å². The summed E-state index contributed by atoms with van der Waals surface area (Å²) in [5.41, 5.74) is 1.77. The smallest absolute Gasteiger partial charge is 0.175 e. The van der Waals surface area contributed by atoms with E-state index in [9.17, 15) is 8.42 Å². The number of hydrogen-bond acceptors (Lipinski definition) is 3. The van der Waals surface area contributed by atoms with Crippen molar-refractivity contribution < 1.29 is 13.2 Å². The Balaban J connectivity index is 2.06. The molecule has 3 nitrogen and oxygen atoms in total. The standard InChI is InChI=1S/C16H14O3S/c1-3-13-5-4-6-14(11-13)12-19-15-7-9-16(10-8-15)20(2,17)18/h1,4-11H,12H2,2H3. The van der Waals surface area contributed by atoms with Gasteiger partial charge in [0.05, 0.1) is 4.90 Å². The van der Waals surface area contributed by atoms with Crippen molar-refractivity contribution in [3.63, 3.8) is 0 Å². The van der Waals surface area contributed by atoms with E-state index in [1.54, 1.807) is 12.1 Å². The van der Waals surface area contributed by atoms with E-state index in [0.29, 0.717) is 12.4 Å². The summed E-state index contributed by atoms with van der Waals surface area (Å²) < 4.78 is 28.3. The molecule has 0 amide bonds. The number of rotatable bonds is 4. The largest absolute Gasteiger partial charge is 0.489 e. The van der Waals surface area contributed by atoms with E-state index in [1.165, 1.54) is 18.4 Å². The minimum absolute atomic E-state index is 0.277. The van der Waals surface area contributed by atoms with Crippen molar-refractivity contribution in [1.29, 1.82) is 0 Å². The molecule has 2 aromatic rings. The zero-order valence-electron chi connectivity index (χ0n) is 11.0. The molecule has 0 unspecified atom stereocenters. The molecule has 0 heterocycles. The van der Waals surface area contributed by atoms with Crippen molar-refractivity contribution in [2.45, 2.75) is 11.5 Å². The molecule has 0 bridgehead atoms. The third kappa shape index (κ3) is 3.62. The molecule has 4 heteroatoms. The molecule has 102 valence electrons. The van der Waals surface area contributed by atoms with Crippen LogP contribution in [0.3, 0.4) is 0 Å². The molecule has 0 aliphatic carbocycles. The first-order chi connectivity index (χ1) is 9.49. The van der Waals surface area contributed by atoms with Gasteiger partial charge in [0.2, 0.25) is 0 Å². The van der Waals surface area contributed by atoms with Crippen LogP contribution in [-0.2, 0) is 16.4 Å². The maximum Gasteiger partial charge on any atom is 0.175 e. The first-order valence-electron chi connectivity index (χ1n) is 5.97. The summed E-state index contributed by atoms with van der Waals surface area (Å²) in [6.45, 7) is 0.383. The molecule has 20 heavy (non-hydrogen) atoms. The van der Waals surface area contributed by atoms with Gasteiger partial charge in [-0.15, -0.1) is 6.42 Å². The van der Waals surface area contributed by atoms with Crippen LogP contribution in [0.15, 0.2) is 53.4 Å². The Morgan fingerprint density at radius 3 is 2.45 bits per heavy atom. The summed E-state index contributed by atoms with van der Waals surface area (Å²) >= 11 is 0. The van der Waals surface area contributed by atoms with E-state index in [-0.39, 0.29) is 4.90 Å². The van der Waals surface area contributed by atoms with Gasteiger partial charge in [-0.2, -0.15) is 0 Å². The average Bonchev–Trinajstić information content (AvgIpc) is 2.45. The summed E-state index contributed by atoms with van der Waals surface area (Å²) in [7, 11) is -3.17. The number of ether oxygens (including phenoxy) is 1. The molecule has 0 saturated heterocycles. The molecule has 0 saturated carbocycles. The molecule has 0 spiro atoms. The van der Waals surface area contributed by atoms with Crippen molar-refractivity contribution in [1.82, 2.24) is 0 Å². The van der Waals surface area contributed by atoms with Gasteiger partial charge in [0.25, 0.3) is 0 Å². The number of sulfone groups is 1. The van der Waals surface area contributed by atoms with Crippen LogP contribution in [-0.4, -0.2) is 14.7 Å². The molecule has 2 aromatic carbocycles. The van der Waals surface area contributed by atoms with Crippen LogP contribution in [0.4, 0.5) is 0 Å². The van der Waals surface area contributed by atoms with Crippen LogP contribution in [0.25, 0.3) is 0 Å². The molecule has 0 aromatic heterocycles. The highest BCUT2D eigenvalue weighted by molar-refractivity contribution is 7.90. The van der Waals surface area contributed by atoms with Crippen LogP contribution in [0.1, 0.15) is 11.1 Å². The SMILES string of the molecule is C#Cc1cccc(COc2ccc(S(C)(=O)=O)cc2)c1. The zero-order valence-corrected chi connectivity index (χ0v) is 11.9. The van der Waals surface area contributed by atoms with Crippen LogP contribution in [0.5, 0.6) is 5.75 Å². The summed E-state index contributed by atoms with van der Waals surface area (Å²) in [5.74, 6) is 3.18. The highest BCUT2D eigenvalue weighted by Gasteiger charge is 2.06. The fraction of sp³-hybridized carbons (Fsp3) is 0.125. The second-order valence-corrected chi connectivity index (χ2v) is 6.39. The molecule has 2 rings (SSSR count). The minimum atomic E-state index is -3.17. The predicted molar refractivity (Wildman–Crippen MR) is 78.3 cm³/mol. The highest BCUT2D eigenvalue weighted by atomic mass is 32.2. The number of terminal acetylenes is 1. The van der Waals surface area contributed by atoms with Gasteiger partial charge in [-0.05, 0) is 42.0 Å². The van der Waals surface area contributed by atoms with E-state index in [4.69, 9.17) is 11.2 Å². The number of benzene rings is 2. The van der Waals surface area contributed by atoms with Crippen LogP contribution < -0.4 is 4.74 Å². The van der Waals surface area contributed by atoms with Gasteiger partial charge >= 0.3 is 0 Å². The van der Waals surface area contributed by atoms with Crippen LogP contribution >= 0.6 is 0 Å². The Labute approximate surface area is 119 Å². The molecule has 0 aliphatic heterocycles. The normalized spacial score (nSPS) is 10.8. The van der Waals surface area contributed by atoms with Gasteiger partial charge in [0, 0.05) is 11.8 Å². The molecule has 0 atom stereocenters. The van der Waals surface area contributed by atoms with E-state index in [0.717, 1.165) is 11.1 Å². The van der Waals surface area contributed by atoms with E-state index >= 15 is 0 Å². The lowest BCUT2D eigenvalue weighted by atomic mass is 10.1. The number of hydrogen-bond donors (Lipinski definition) is 0. The van der Waals surface area contributed by atoms with E-state index in [1.807, 2.05) is 24.3 Å². The molecule has 0 N–H and O–H groups in total. The Hall–Kier alpha value is -2.25. The topological polar surface area (TPSA) is 43.4 Å². The molecular formula is C16H14O3S. The maximum atomic E-state index is 11.3. The fourth-order valence-electron chi connectivity index (χ4n) is 1.70. The summed E-state index contributed by atoms with van der Waals surface area (Å²) in [5, 5.41) is 0. The predicted octanol–water partition coefficient (Wildman–Crippen LogP) is 2.65. The Morgan fingerprint density at radius 1 is 1.15 bits per heavy atom. The van der Waals surface area contributed by atoms with Crippen molar-refractivity contribution in [2.75, 3.05) is 6.26 Å². The lowest BCUT2D eigenvalue weighted by Gasteiger charge is -2.07. The van der Waals surface area contributed by atoms with Crippen molar-refractivity contribution in [3.8, 4) is 18.1 Å². The van der Waals surface area contributed by atoms with Gasteiger partial charge in [-0.1, -0.05) is 18.1 Å². The van der Waals surface area contributed by atoms with Gasteiger partial charge < -0.3 is 4.74 Å². The average molecular weight is 286 g/mol. The highest BCUT2D eigenvalue weighted by Crippen LogP contribution is 2.17. The van der Waals surface area contributed by atoms with Crippen molar-refractivity contribution in [2.24, 2.45) is 0 Å². The Morgan fingerprint density at radius 2 is 1.85 bits per heavy atom. The minimum Gasteiger partial charge on any atom is -0.489 e. The Kier molecular flexibility index (Phi) is 4.11. The molecule has 0 radical (unpaired) electrons. The molecule has 0 aliphatic rings. The monoisotopic (exact) mass is 286 g/mol. The second-order valence-electron chi connectivity index (χ2n) is 4.38. The van der Waals surface area contributed by atoms with Crippen LogP contribution in [0, 0.1) is 12.3 Å². The molecule has 0 fully saturated rings. The summed E-state index contributed by atoms with van der Waals surface area (Å²) in [6.07, 6.45) is 6.51. The second kappa shape index (κ2) is 5.81. The Bertz CT molecular complexity index is 738. The van der Waals surface area contributed by atoms with E-state index in [2.05, 4.69) is 5.92 Å².